The van der Waals surface area contributed by atoms with Crippen molar-refractivity contribution in [1.82, 2.24) is 4.98 Å². The van der Waals surface area contributed by atoms with Crippen molar-refractivity contribution in [2.45, 2.75) is 11.6 Å². The smallest absolute Gasteiger partial charge is 0.147 e. The van der Waals surface area contributed by atoms with Crippen molar-refractivity contribution < 1.29 is 9.53 Å². The second kappa shape index (κ2) is 8.21. The van der Waals surface area contributed by atoms with Crippen LogP contribution in [0, 0.1) is 0 Å². The fraction of sp³-hybridized carbons (Fsp3) is 0.455. The van der Waals surface area contributed by atoms with Crippen LogP contribution in [-0.2, 0) is 4.74 Å². The minimum Gasteiger partial charge on any atom is -0.147 e. The molecule has 1 aromatic heterocycles. The Balaban J connectivity index is 0.00000162. The maximum Gasteiger partial charge on any atom is -0.147 e. The van der Waals surface area contributed by atoms with Crippen LogP contribution in [0.4, 0.5) is 5.82 Å². The Morgan fingerprint density at radius 2 is 2.21 bits per heavy atom. The molecular weight excluding hydrogens is 373 g/mol. The van der Waals surface area contributed by atoms with Gasteiger partial charge >= 0.3 is 114 Å². The number of carbonyl (C=O) groups is 1. The summed E-state index contributed by atoms with van der Waals surface area (Å²) in [5.41, 5.74) is 0.401. The maximum atomic E-state index is 11.5. The number of carbonyl (C=O) groups excluding carboxylic acids is 1. The molecule has 1 aromatic rings. The summed E-state index contributed by atoms with van der Waals surface area (Å²) in [7, 11) is 0. The Morgan fingerprint density at radius 3 is 2.68 bits per heavy atom. The third kappa shape index (κ3) is 4.42. The molecule has 2 heterocycles. The minimum atomic E-state index is -0.381. The van der Waals surface area contributed by atoms with Gasteiger partial charge in [-0.2, -0.15) is 0 Å². The van der Waals surface area contributed by atoms with Gasteiger partial charge in [0.05, 0.1) is 0 Å². The van der Waals surface area contributed by atoms with Gasteiger partial charge in [-0.15, -0.1) is 24.8 Å². The average Bonchev–Trinajstić information content (AvgIpc) is 2.25. The van der Waals surface area contributed by atoms with Gasteiger partial charge in [0, 0.05) is 0 Å². The van der Waals surface area contributed by atoms with E-state index in [0.717, 1.165) is 23.6 Å². The topological polar surface area (TPSA) is 42.4 Å². The van der Waals surface area contributed by atoms with Gasteiger partial charge in [0.15, 0.2) is 0 Å². The molecule has 1 aliphatic heterocycles. The molecule has 0 N–H and O–H groups in total. The van der Waals surface area contributed by atoms with Gasteiger partial charge in [0.25, 0.3) is 0 Å². The number of esters is 1. The quantitative estimate of drug-likeness (QED) is 0.586. The zero-order valence-electron chi connectivity index (χ0n) is 10.3. The standard InChI is InChI=1S/C11H14AsClN2O2.2ClH/c1-2-17-11(16)7-3-9(13)10(14-4-7)15-5-8(12)6-15;;/h3-4,8H,2,5-6,12H2,1H3;2*1H. The van der Waals surface area contributed by atoms with E-state index < -0.39 is 0 Å². The number of hydrogen-bond donors (Lipinski definition) is 0. The van der Waals surface area contributed by atoms with E-state index in [1.165, 1.54) is 6.20 Å². The number of ether oxygens (including phenoxy) is 1. The Bertz CT molecular complexity index is 442. The van der Waals surface area contributed by atoms with Crippen LogP contribution in [-0.4, -0.2) is 47.5 Å². The van der Waals surface area contributed by atoms with E-state index in [0.29, 0.717) is 17.2 Å². The van der Waals surface area contributed by atoms with Gasteiger partial charge in [0.2, 0.25) is 0 Å². The molecule has 0 saturated carbocycles. The van der Waals surface area contributed by atoms with Crippen LogP contribution in [0.3, 0.4) is 0 Å². The third-order valence-corrected chi connectivity index (χ3v) is 3.70. The van der Waals surface area contributed by atoms with Crippen molar-refractivity contribution >= 4 is 65.1 Å². The average molecular weight is 390 g/mol. The summed E-state index contributed by atoms with van der Waals surface area (Å²) in [6.45, 7) is 4.10. The fourth-order valence-corrected chi connectivity index (χ4v) is 3.03. The first-order valence-corrected chi connectivity index (χ1v) is 7.22. The molecule has 1 unspecified atom stereocenters. The van der Waals surface area contributed by atoms with E-state index in [9.17, 15) is 4.79 Å². The molecule has 1 aliphatic rings. The van der Waals surface area contributed by atoms with Crippen molar-refractivity contribution in [1.29, 1.82) is 0 Å². The van der Waals surface area contributed by atoms with Gasteiger partial charge < -0.3 is 0 Å². The molecule has 1 saturated heterocycles. The van der Waals surface area contributed by atoms with Gasteiger partial charge in [-0.25, -0.2) is 0 Å². The van der Waals surface area contributed by atoms with E-state index in [-0.39, 0.29) is 30.8 Å². The van der Waals surface area contributed by atoms with E-state index in [1.807, 2.05) is 0 Å². The Hall–Kier alpha value is -0.152. The first kappa shape index (κ1) is 18.8. The SMILES string of the molecule is CCOC(=O)c1cnc(N2CC([AsH2])C2)c(Cl)c1.Cl.Cl. The van der Waals surface area contributed by atoms with Crippen molar-refractivity contribution in [3.05, 3.63) is 22.8 Å². The largest absolute Gasteiger partial charge is 0.147 e. The summed E-state index contributed by atoms with van der Waals surface area (Å²) in [6, 6.07) is 1.62. The summed E-state index contributed by atoms with van der Waals surface area (Å²) in [4.78, 5) is 17.8. The summed E-state index contributed by atoms with van der Waals surface area (Å²) in [5.74, 6) is 0.377. The molecule has 2 rings (SSSR count). The predicted molar refractivity (Wildman–Crippen MR) is 84.2 cm³/mol. The van der Waals surface area contributed by atoms with Crippen molar-refractivity contribution in [2.24, 2.45) is 0 Å². The zero-order valence-corrected chi connectivity index (χ0v) is 15.1. The Morgan fingerprint density at radius 1 is 1.58 bits per heavy atom. The number of anilines is 1. The van der Waals surface area contributed by atoms with Crippen molar-refractivity contribution in [3.63, 3.8) is 0 Å². The van der Waals surface area contributed by atoms with E-state index in [4.69, 9.17) is 16.3 Å². The molecule has 0 radical (unpaired) electrons. The molecule has 0 amide bonds. The maximum absolute atomic E-state index is 11.5. The van der Waals surface area contributed by atoms with Crippen LogP contribution >= 0.6 is 36.4 Å². The van der Waals surface area contributed by atoms with Gasteiger partial charge in [0.1, 0.15) is 0 Å². The molecule has 1 fully saturated rings. The first-order valence-electron chi connectivity index (χ1n) is 5.45. The molecule has 0 spiro atoms. The Kier molecular flexibility index (Phi) is 8.14. The number of pyridine rings is 1. The number of hydrogen-bond acceptors (Lipinski definition) is 4. The number of halogens is 3. The van der Waals surface area contributed by atoms with E-state index in [2.05, 4.69) is 9.88 Å². The van der Waals surface area contributed by atoms with E-state index in [1.54, 1.807) is 29.8 Å². The zero-order chi connectivity index (χ0) is 12.4. The van der Waals surface area contributed by atoms with Crippen LogP contribution in [0.2, 0.25) is 9.73 Å². The van der Waals surface area contributed by atoms with Crippen LogP contribution < -0.4 is 4.90 Å². The molecule has 1 atom stereocenters. The second-order valence-electron chi connectivity index (χ2n) is 3.91. The summed E-state index contributed by atoms with van der Waals surface area (Å²) >= 11 is 7.86. The third-order valence-electron chi connectivity index (χ3n) is 2.54. The van der Waals surface area contributed by atoms with Crippen molar-refractivity contribution in [3.8, 4) is 0 Å². The molecular formula is C11H16AsCl3N2O2. The fourth-order valence-electron chi connectivity index (χ4n) is 1.68. The van der Waals surface area contributed by atoms with Crippen LogP contribution in [0.15, 0.2) is 12.3 Å². The molecule has 108 valence electrons. The molecule has 4 nitrogen and oxygen atoms in total. The normalized spacial score (nSPS) is 13.9. The van der Waals surface area contributed by atoms with Gasteiger partial charge in [-0.05, 0) is 0 Å². The second-order valence-corrected chi connectivity index (χ2v) is 6.30. The Labute approximate surface area is 138 Å². The predicted octanol–water partition coefficient (Wildman–Crippen LogP) is 2.00. The first-order chi connectivity index (χ1) is 8.11. The molecule has 0 bridgehead atoms. The monoisotopic (exact) mass is 388 g/mol. The van der Waals surface area contributed by atoms with Gasteiger partial charge in [-0.1, -0.05) is 0 Å². The van der Waals surface area contributed by atoms with E-state index >= 15 is 0 Å². The summed E-state index contributed by atoms with van der Waals surface area (Å²) in [5, 5.41) is 0.509. The molecule has 0 aliphatic carbocycles. The number of nitrogens with zero attached hydrogens (tertiary/aromatic N) is 2. The van der Waals surface area contributed by atoms with Crippen molar-refractivity contribution in [2.75, 3.05) is 24.6 Å². The summed E-state index contributed by atoms with van der Waals surface area (Å²) < 4.78 is 5.63. The van der Waals surface area contributed by atoms with Crippen LogP contribution in [0.5, 0.6) is 0 Å². The van der Waals surface area contributed by atoms with Crippen LogP contribution in [0.1, 0.15) is 17.3 Å². The number of aromatic nitrogens is 1. The molecule has 0 aromatic carbocycles. The molecule has 8 heteroatoms. The summed E-state index contributed by atoms with van der Waals surface area (Å²) in [6.07, 6.45) is 1.52. The van der Waals surface area contributed by atoms with Crippen LogP contribution in [0.25, 0.3) is 0 Å². The minimum absolute atomic E-state index is 0. The number of rotatable bonds is 3. The van der Waals surface area contributed by atoms with Gasteiger partial charge in [-0.3, -0.25) is 0 Å². The molecule has 19 heavy (non-hydrogen) atoms.